The van der Waals surface area contributed by atoms with E-state index in [1.807, 2.05) is 37.3 Å². The fourth-order valence-electron chi connectivity index (χ4n) is 1.61. The van der Waals surface area contributed by atoms with Gasteiger partial charge < -0.3 is 15.5 Å². The highest BCUT2D eigenvalue weighted by molar-refractivity contribution is 5.40. The maximum atomic E-state index is 5.70. The smallest absolute Gasteiger partial charge is 0.117 e. The van der Waals surface area contributed by atoms with E-state index in [2.05, 4.69) is 11.4 Å². The Hall–Kier alpha value is -1.74. The molecule has 0 fully saturated rings. The Morgan fingerprint density at radius 1 is 1.19 bits per heavy atom. The van der Waals surface area contributed by atoms with Crippen LogP contribution in [0.4, 0.5) is 5.69 Å². The number of hydrogen-bond acceptors (Lipinski definition) is 3. The average Bonchev–Trinajstić information content (AvgIpc) is 2.64. The number of rotatable bonds is 4. The van der Waals surface area contributed by atoms with Gasteiger partial charge in [0.1, 0.15) is 11.5 Å². The molecule has 1 aromatic carbocycles. The summed E-state index contributed by atoms with van der Waals surface area (Å²) in [5, 5.41) is 3.31. The molecule has 84 valence electrons. The van der Waals surface area contributed by atoms with Crippen molar-refractivity contribution in [3.8, 4) is 0 Å². The minimum Gasteiger partial charge on any atom is -0.465 e. The van der Waals surface area contributed by atoms with Crippen LogP contribution in [0.1, 0.15) is 17.1 Å². The third kappa shape index (κ3) is 2.87. The summed E-state index contributed by atoms with van der Waals surface area (Å²) in [5.74, 6) is 1.90. The Morgan fingerprint density at radius 3 is 2.75 bits per heavy atom. The van der Waals surface area contributed by atoms with E-state index in [0.717, 1.165) is 30.3 Å². The van der Waals surface area contributed by atoms with Gasteiger partial charge >= 0.3 is 0 Å². The molecule has 0 atom stereocenters. The van der Waals surface area contributed by atoms with Gasteiger partial charge in [0.25, 0.3) is 0 Å². The Morgan fingerprint density at radius 2 is 2.06 bits per heavy atom. The lowest BCUT2D eigenvalue weighted by Gasteiger charge is -2.03. The molecule has 3 heteroatoms. The second-order valence-electron chi connectivity index (χ2n) is 3.86. The predicted molar refractivity (Wildman–Crippen MR) is 64.8 cm³/mol. The van der Waals surface area contributed by atoms with Crippen molar-refractivity contribution < 1.29 is 4.42 Å². The monoisotopic (exact) mass is 216 g/mol. The maximum absolute atomic E-state index is 5.70. The molecule has 2 aromatic rings. The first-order valence-electron chi connectivity index (χ1n) is 5.34. The lowest BCUT2D eigenvalue weighted by molar-refractivity contribution is 0.462. The number of anilines is 1. The zero-order valence-electron chi connectivity index (χ0n) is 9.36. The molecular formula is C13H16N2O. The molecule has 0 aliphatic rings. The number of nitrogens with two attached hydrogens (primary N) is 1. The third-order valence-corrected chi connectivity index (χ3v) is 2.38. The molecule has 0 aliphatic heterocycles. The van der Waals surface area contributed by atoms with Gasteiger partial charge in [-0.15, -0.1) is 0 Å². The molecule has 16 heavy (non-hydrogen) atoms. The second-order valence-corrected chi connectivity index (χ2v) is 3.86. The minimum atomic E-state index is 0.739. The highest BCUT2D eigenvalue weighted by Crippen LogP contribution is 2.08. The van der Waals surface area contributed by atoms with Crippen molar-refractivity contribution in [1.29, 1.82) is 0 Å². The van der Waals surface area contributed by atoms with Crippen molar-refractivity contribution in [2.24, 2.45) is 0 Å². The quantitative estimate of drug-likeness (QED) is 0.772. The number of furan rings is 1. The first-order chi connectivity index (χ1) is 7.74. The van der Waals surface area contributed by atoms with E-state index in [1.165, 1.54) is 5.56 Å². The van der Waals surface area contributed by atoms with Crippen molar-refractivity contribution in [2.75, 3.05) is 5.73 Å². The minimum absolute atomic E-state index is 0.739. The zero-order valence-corrected chi connectivity index (χ0v) is 9.36. The average molecular weight is 216 g/mol. The summed E-state index contributed by atoms with van der Waals surface area (Å²) in [5.41, 5.74) is 7.68. The molecule has 0 bridgehead atoms. The molecule has 0 aliphatic carbocycles. The number of aryl methyl sites for hydroxylation is 1. The molecule has 0 amide bonds. The number of nitrogen functional groups attached to an aromatic ring is 1. The number of hydrogen-bond donors (Lipinski definition) is 2. The van der Waals surface area contributed by atoms with Gasteiger partial charge in [0, 0.05) is 12.2 Å². The van der Waals surface area contributed by atoms with Crippen LogP contribution in [0.25, 0.3) is 0 Å². The van der Waals surface area contributed by atoms with Crippen molar-refractivity contribution >= 4 is 5.69 Å². The fourth-order valence-corrected chi connectivity index (χ4v) is 1.61. The molecule has 0 spiro atoms. The van der Waals surface area contributed by atoms with E-state index in [0.29, 0.717) is 0 Å². The number of benzene rings is 1. The summed E-state index contributed by atoms with van der Waals surface area (Å²) in [6.07, 6.45) is 0. The van der Waals surface area contributed by atoms with Gasteiger partial charge in [0.05, 0.1) is 6.54 Å². The summed E-state index contributed by atoms with van der Waals surface area (Å²) in [4.78, 5) is 0. The van der Waals surface area contributed by atoms with Crippen molar-refractivity contribution in [1.82, 2.24) is 5.32 Å². The molecule has 0 radical (unpaired) electrons. The molecule has 2 rings (SSSR count). The first-order valence-corrected chi connectivity index (χ1v) is 5.34. The lowest BCUT2D eigenvalue weighted by Crippen LogP contribution is -2.12. The highest BCUT2D eigenvalue weighted by Gasteiger charge is 1.98. The van der Waals surface area contributed by atoms with Crippen molar-refractivity contribution in [3.05, 3.63) is 53.5 Å². The van der Waals surface area contributed by atoms with Crippen LogP contribution in [-0.4, -0.2) is 0 Å². The van der Waals surface area contributed by atoms with E-state index in [9.17, 15) is 0 Å². The van der Waals surface area contributed by atoms with Gasteiger partial charge in [-0.25, -0.2) is 0 Å². The molecule has 0 saturated carbocycles. The van der Waals surface area contributed by atoms with Crippen LogP contribution >= 0.6 is 0 Å². The van der Waals surface area contributed by atoms with Crippen LogP contribution < -0.4 is 11.1 Å². The van der Waals surface area contributed by atoms with Crippen LogP contribution in [0, 0.1) is 6.92 Å². The fraction of sp³-hybridized carbons (Fsp3) is 0.231. The van der Waals surface area contributed by atoms with Gasteiger partial charge in [-0.05, 0) is 36.8 Å². The van der Waals surface area contributed by atoms with Gasteiger partial charge in [0.2, 0.25) is 0 Å². The van der Waals surface area contributed by atoms with E-state index in [-0.39, 0.29) is 0 Å². The Bertz CT molecular complexity index is 462. The van der Waals surface area contributed by atoms with Crippen molar-refractivity contribution in [3.63, 3.8) is 0 Å². The molecule has 1 heterocycles. The molecule has 3 N–H and O–H groups in total. The Kier molecular flexibility index (Phi) is 3.27. The SMILES string of the molecule is Cc1ccc(CNCc2cccc(N)c2)o1. The summed E-state index contributed by atoms with van der Waals surface area (Å²) in [7, 11) is 0. The highest BCUT2D eigenvalue weighted by atomic mass is 16.3. The van der Waals surface area contributed by atoms with Gasteiger partial charge in [-0.2, -0.15) is 0 Å². The van der Waals surface area contributed by atoms with Gasteiger partial charge in [-0.1, -0.05) is 12.1 Å². The topological polar surface area (TPSA) is 51.2 Å². The van der Waals surface area contributed by atoms with E-state index < -0.39 is 0 Å². The van der Waals surface area contributed by atoms with Crippen LogP contribution in [0.15, 0.2) is 40.8 Å². The largest absolute Gasteiger partial charge is 0.465 e. The van der Waals surface area contributed by atoms with Crippen LogP contribution in [0.2, 0.25) is 0 Å². The van der Waals surface area contributed by atoms with Gasteiger partial charge in [0.15, 0.2) is 0 Å². The summed E-state index contributed by atoms with van der Waals surface area (Å²) >= 11 is 0. The predicted octanol–water partition coefficient (Wildman–Crippen LogP) is 2.46. The summed E-state index contributed by atoms with van der Waals surface area (Å²) in [6, 6.07) is 11.8. The summed E-state index contributed by atoms with van der Waals surface area (Å²) in [6.45, 7) is 3.48. The third-order valence-electron chi connectivity index (χ3n) is 2.38. The molecule has 3 nitrogen and oxygen atoms in total. The molecule has 1 aromatic heterocycles. The van der Waals surface area contributed by atoms with Crippen LogP contribution in [-0.2, 0) is 13.1 Å². The van der Waals surface area contributed by atoms with E-state index in [4.69, 9.17) is 10.2 Å². The lowest BCUT2D eigenvalue weighted by atomic mass is 10.2. The molecular weight excluding hydrogens is 200 g/mol. The second kappa shape index (κ2) is 4.86. The maximum Gasteiger partial charge on any atom is 0.117 e. The van der Waals surface area contributed by atoms with Gasteiger partial charge in [-0.3, -0.25) is 0 Å². The zero-order chi connectivity index (χ0) is 11.4. The normalized spacial score (nSPS) is 10.6. The van der Waals surface area contributed by atoms with E-state index in [1.54, 1.807) is 0 Å². The summed E-state index contributed by atoms with van der Waals surface area (Å²) < 4.78 is 5.46. The van der Waals surface area contributed by atoms with Crippen molar-refractivity contribution in [2.45, 2.75) is 20.0 Å². The van der Waals surface area contributed by atoms with E-state index >= 15 is 0 Å². The number of nitrogens with one attached hydrogen (secondary N) is 1. The van der Waals surface area contributed by atoms with Crippen LogP contribution in [0.5, 0.6) is 0 Å². The Labute approximate surface area is 95.3 Å². The molecule has 0 saturated heterocycles. The standard InChI is InChI=1S/C13H16N2O/c1-10-5-6-13(16-10)9-15-8-11-3-2-4-12(14)7-11/h2-7,15H,8-9,14H2,1H3. The first kappa shape index (κ1) is 10.8. The Balaban J connectivity index is 1.84. The molecule has 0 unspecified atom stereocenters. The van der Waals surface area contributed by atoms with Crippen LogP contribution in [0.3, 0.4) is 0 Å².